The second-order valence-electron chi connectivity index (χ2n) is 8.33. The monoisotopic (exact) mass is 336 g/mol. The van der Waals surface area contributed by atoms with E-state index in [0.717, 1.165) is 6.42 Å². The van der Waals surface area contributed by atoms with E-state index in [-0.39, 0.29) is 11.0 Å². The summed E-state index contributed by atoms with van der Waals surface area (Å²) >= 11 is 0. The molecule has 2 aliphatic rings. The Balaban J connectivity index is 2.45. The summed E-state index contributed by atoms with van der Waals surface area (Å²) in [6.07, 6.45) is 15.6. The average Bonchev–Trinajstić information content (AvgIpc) is 2.60. The van der Waals surface area contributed by atoms with E-state index in [4.69, 9.17) is 4.43 Å². The van der Waals surface area contributed by atoms with Crippen molar-refractivity contribution >= 4 is 14.3 Å². The third-order valence-electron chi connectivity index (χ3n) is 6.80. The minimum absolute atomic E-state index is 0.148. The molecule has 2 saturated carbocycles. The zero-order valence-electron chi connectivity index (χ0n) is 15.5. The topological polar surface area (TPSA) is 26.3 Å². The molecule has 0 amide bonds. The van der Waals surface area contributed by atoms with Gasteiger partial charge in [0.1, 0.15) is 0 Å². The smallest absolute Gasteiger partial charge is 0.316 e. The lowest BCUT2D eigenvalue weighted by atomic mass is 9.99. The van der Waals surface area contributed by atoms with Crippen molar-refractivity contribution in [2.24, 2.45) is 0 Å². The van der Waals surface area contributed by atoms with Crippen LogP contribution in [0.4, 0.5) is 0 Å². The van der Waals surface area contributed by atoms with E-state index in [9.17, 15) is 4.79 Å². The maximum absolute atomic E-state index is 12.4. The average molecular weight is 337 g/mol. The zero-order chi connectivity index (χ0) is 16.9. The van der Waals surface area contributed by atoms with E-state index in [1.165, 1.54) is 70.3 Å². The Bertz CT molecular complexity index is 386. The van der Waals surface area contributed by atoms with Crippen LogP contribution in [0.25, 0.3) is 0 Å². The molecule has 0 unspecified atom stereocenters. The van der Waals surface area contributed by atoms with Gasteiger partial charge < -0.3 is 4.43 Å². The summed E-state index contributed by atoms with van der Waals surface area (Å²) in [5, 5.41) is 0.148. The number of hydrogen-bond donors (Lipinski definition) is 0. The van der Waals surface area contributed by atoms with Crippen LogP contribution in [0.15, 0.2) is 12.7 Å². The minimum atomic E-state index is -2.23. The highest BCUT2D eigenvalue weighted by atomic mass is 28.4. The van der Waals surface area contributed by atoms with Crippen molar-refractivity contribution in [2.45, 2.75) is 108 Å². The first kappa shape index (κ1) is 18.8. The van der Waals surface area contributed by atoms with Gasteiger partial charge in [-0.25, -0.2) is 4.79 Å². The van der Waals surface area contributed by atoms with E-state index in [1.807, 2.05) is 0 Å². The van der Waals surface area contributed by atoms with Crippen LogP contribution in [0.1, 0.15) is 91.4 Å². The Morgan fingerprint density at radius 1 is 1.04 bits per heavy atom. The molecule has 0 atom stereocenters. The first-order valence-electron chi connectivity index (χ1n) is 9.83. The fourth-order valence-electron chi connectivity index (χ4n) is 5.29. The van der Waals surface area contributed by atoms with Crippen LogP contribution in [-0.2, 0) is 9.22 Å². The molecule has 2 rings (SSSR count). The first-order valence-corrected chi connectivity index (χ1v) is 11.9. The molecule has 0 aromatic rings. The van der Waals surface area contributed by atoms with Crippen molar-refractivity contribution in [3.63, 3.8) is 0 Å². The van der Waals surface area contributed by atoms with Gasteiger partial charge >= 0.3 is 5.97 Å². The lowest BCUT2D eigenvalue weighted by molar-refractivity contribution is -0.130. The Labute approximate surface area is 144 Å². The number of carbonyl (C=O) groups is 1. The minimum Gasteiger partial charge on any atom is -0.515 e. The first-order chi connectivity index (χ1) is 11.0. The van der Waals surface area contributed by atoms with Gasteiger partial charge in [-0.15, -0.1) is 0 Å². The molecule has 0 aliphatic heterocycles. The number of hydrogen-bond acceptors (Lipinski definition) is 2. The largest absolute Gasteiger partial charge is 0.515 e. The standard InChI is InChI=1S/C20H36O2Si/c1-5-19(21)22-23(20(3,4)6-2,17-13-9-7-10-14-17)18-15-11-8-12-16-18/h5,17-18H,1,6-16H2,2-4H3. The van der Waals surface area contributed by atoms with Crippen molar-refractivity contribution in [1.82, 2.24) is 0 Å². The molecule has 0 bridgehead atoms. The summed E-state index contributed by atoms with van der Waals surface area (Å²) in [5.41, 5.74) is 1.30. The summed E-state index contributed by atoms with van der Waals surface area (Å²) in [5.74, 6) is -0.158. The van der Waals surface area contributed by atoms with Crippen molar-refractivity contribution in [3.05, 3.63) is 12.7 Å². The molecule has 0 radical (unpaired) electrons. The quantitative estimate of drug-likeness (QED) is 0.407. The number of carbonyl (C=O) groups excluding carboxylic acids is 1. The Morgan fingerprint density at radius 3 is 1.83 bits per heavy atom. The molecule has 3 heteroatoms. The normalized spacial score (nSPS) is 21.9. The number of rotatable bonds is 6. The summed E-state index contributed by atoms with van der Waals surface area (Å²) < 4.78 is 6.50. The zero-order valence-corrected chi connectivity index (χ0v) is 16.5. The maximum atomic E-state index is 12.4. The molecule has 0 N–H and O–H groups in total. The summed E-state index contributed by atoms with van der Waals surface area (Å²) in [7, 11) is -2.23. The van der Waals surface area contributed by atoms with Gasteiger partial charge in [0.15, 0.2) is 0 Å². The summed E-state index contributed by atoms with van der Waals surface area (Å²) in [6.45, 7) is 10.8. The molecule has 0 heterocycles. The van der Waals surface area contributed by atoms with Crippen LogP contribution in [0.5, 0.6) is 0 Å². The van der Waals surface area contributed by atoms with Gasteiger partial charge in [0.25, 0.3) is 8.32 Å². The molecular weight excluding hydrogens is 300 g/mol. The van der Waals surface area contributed by atoms with Crippen LogP contribution in [0.2, 0.25) is 16.1 Å². The van der Waals surface area contributed by atoms with E-state index >= 15 is 0 Å². The summed E-state index contributed by atoms with van der Waals surface area (Å²) in [4.78, 5) is 12.4. The highest BCUT2D eigenvalue weighted by Crippen LogP contribution is 2.60. The van der Waals surface area contributed by atoms with Gasteiger partial charge in [-0.1, -0.05) is 72.3 Å². The Morgan fingerprint density at radius 2 is 1.48 bits per heavy atom. The highest BCUT2D eigenvalue weighted by molar-refractivity contribution is 6.80. The van der Waals surface area contributed by atoms with Crippen LogP contribution < -0.4 is 0 Å². The molecule has 132 valence electrons. The molecular formula is C20H36O2Si. The van der Waals surface area contributed by atoms with Gasteiger partial charge in [0, 0.05) is 6.08 Å². The lowest BCUT2D eigenvalue weighted by Gasteiger charge is -2.54. The van der Waals surface area contributed by atoms with Crippen molar-refractivity contribution in [2.75, 3.05) is 0 Å². The third-order valence-corrected chi connectivity index (χ3v) is 13.4. The van der Waals surface area contributed by atoms with Gasteiger partial charge in [-0.05, 0) is 41.8 Å². The summed E-state index contributed by atoms with van der Waals surface area (Å²) in [6, 6.07) is 0. The Kier molecular flexibility index (Phi) is 6.53. The van der Waals surface area contributed by atoms with Gasteiger partial charge in [0.05, 0.1) is 0 Å². The lowest BCUT2D eigenvalue weighted by Crippen LogP contribution is -2.57. The fraction of sp³-hybridized carbons (Fsp3) is 0.850. The van der Waals surface area contributed by atoms with Gasteiger partial charge in [0.2, 0.25) is 0 Å². The second-order valence-corrected chi connectivity index (χ2v) is 13.1. The molecule has 0 aromatic carbocycles. The van der Waals surface area contributed by atoms with Crippen LogP contribution >= 0.6 is 0 Å². The van der Waals surface area contributed by atoms with E-state index < -0.39 is 8.32 Å². The van der Waals surface area contributed by atoms with Crippen molar-refractivity contribution in [3.8, 4) is 0 Å². The van der Waals surface area contributed by atoms with E-state index in [1.54, 1.807) is 0 Å². The third kappa shape index (κ3) is 3.75. The molecule has 23 heavy (non-hydrogen) atoms. The maximum Gasteiger partial charge on any atom is 0.316 e. The molecule has 2 nitrogen and oxygen atoms in total. The molecule has 2 fully saturated rings. The second kappa shape index (κ2) is 8.00. The predicted molar refractivity (Wildman–Crippen MR) is 100 cm³/mol. The Hall–Kier alpha value is -0.573. The van der Waals surface area contributed by atoms with Crippen LogP contribution in [0.3, 0.4) is 0 Å². The van der Waals surface area contributed by atoms with Crippen molar-refractivity contribution in [1.29, 1.82) is 0 Å². The van der Waals surface area contributed by atoms with Crippen molar-refractivity contribution < 1.29 is 9.22 Å². The highest BCUT2D eigenvalue weighted by Gasteiger charge is 2.60. The van der Waals surface area contributed by atoms with E-state index in [0.29, 0.717) is 11.1 Å². The molecule has 0 saturated heterocycles. The predicted octanol–water partition coefficient (Wildman–Crippen LogP) is 6.52. The van der Waals surface area contributed by atoms with Crippen LogP contribution in [0, 0.1) is 0 Å². The molecule has 0 aromatic heterocycles. The van der Waals surface area contributed by atoms with E-state index in [2.05, 4.69) is 27.4 Å². The van der Waals surface area contributed by atoms with Gasteiger partial charge in [-0.3, -0.25) is 0 Å². The van der Waals surface area contributed by atoms with Crippen LogP contribution in [-0.4, -0.2) is 14.3 Å². The molecule has 0 spiro atoms. The molecule has 2 aliphatic carbocycles. The van der Waals surface area contributed by atoms with Gasteiger partial charge in [-0.2, -0.15) is 0 Å². The fourth-order valence-corrected chi connectivity index (χ4v) is 12.3. The SMILES string of the molecule is C=CC(=O)O[Si](C1CCCCC1)(C1CCCCC1)C(C)(C)CC.